The Morgan fingerprint density at radius 1 is 1.11 bits per heavy atom. The number of hydrogen-bond donors (Lipinski definition) is 1. The molecule has 0 aromatic carbocycles. The van der Waals surface area contributed by atoms with Crippen molar-refractivity contribution in [2.45, 2.75) is 45.4 Å². The number of nitrogens with zero attached hydrogens (tertiary/aromatic N) is 2. The first-order chi connectivity index (χ1) is 9.11. The first kappa shape index (κ1) is 11.8. The molecule has 104 valence electrons. The smallest absolute Gasteiger partial charge is 0.124 e. The zero-order chi connectivity index (χ0) is 13.1. The van der Waals surface area contributed by atoms with E-state index in [2.05, 4.69) is 12.0 Å². The molecule has 3 heteroatoms. The molecule has 1 aromatic heterocycles. The van der Waals surface area contributed by atoms with Crippen LogP contribution in [0.5, 0.6) is 0 Å². The van der Waals surface area contributed by atoms with Gasteiger partial charge >= 0.3 is 0 Å². The lowest BCUT2D eigenvalue weighted by Gasteiger charge is -2.54. The van der Waals surface area contributed by atoms with Crippen LogP contribution in [0, 0.1) is 36.5 Å². The van der Waals surface area contributed by atoms with Crippen molar-refractivity contribution in [2.75, 3.05) is 5.73 Å². The molecule has 19 heavy (non-hydrogen) atoms. The first-order valence-corrected chi connectivity index (χ1v) is 7.89. The highest BCUT2D eigenvalue weighted by molar-refractivity contribution is 5.43. The molecule has 0 saturated heterocycles. The van der Waals surface area contributed by atoms with Crippen molar-refractivity contribution >= 4 is 5.82 Å². The Balaban J connectivity index is 1.60. The zero-order valence-corrected chi connectivity index (χ0v) is 12.1. The lowest BCUT2D eigenvalue weighted by Crippen LogP contribution is -2.45. The summed E-state index contributed by atoms with van der Waals surface area (Å²) in [4.78, 5) is 0. The predicted octanol–water partition coefficient (Wildman–Crippen LogP) is 2.93. The highest BCUT2D eigenvalue weighted by atomic mass is 15.3. The summed E-state index contributed by atoms with van der Waals surface area (Å²) in [6.07, 6.45) is 8.70. The van der Waals surface area contributed by atoms with Crippen LogP contribution in [-0.4, -0.2) is 9.78 Å². The van der Waals surface area contributed by atoms with Gasteiger partial charge in [0.2, 0.25) is 0 Å². The minimum absolute atomic E-state index is 0.887. The Kier molecular flexibility index (Phi) is 2.49. The van der Waals surface area contributed by atoms with E-state index in [0.717, 1.165) is 41.1 Å². The molecule has 0 spiro atoms. The molecule has 4 aliphatic rings. The molecule has 4 bridgehead atoms. The minimum Gasteiger partial charge on any atom is -0.384 e. The number of rotatable bonds is 2. The highest BCUT2D eigenvalue weighted by Crippen LogP contribution is 2.57. The molecule has 0 radical (unpaired) electrons. The van der Waals surface area contributed by atoms with Crippen LogP contribution < -0.4 is 5.73 Å². The largest absolute Gasteiger partial charge is 0.384 e. The fourth-order valence-electron chi connectivity index (χ4n) is 5.58. The van der Waals surface area contributed by atoms with E-state index in [1.54, 1.807) is 0 Å². The second-order valence-electron chi connectivity index (χ2n) is 7.37. The van der Waals surface area contributed by atoms with Gasteiger partial charge in [0.1, 0.15) is 5.82 Å². The molecule has 0 aliphatic heterocycles. The molecule has 2 N–H and O–H groups in total. The summed E-state index contributed by atoms with van der Waals surface area (Å²) in [6, 6.07) is 0. The third-order valence-corrected chi connectivity index (χ3v) is 6.26. The standard InChI is InChI=1S/C16H25N3/c1-9-14(16(17)19(2)18-9)8-15-12-4-10-3-11(6-12)7-13(15)5-10/h10-13,15H,3-8,17H2,1-2H3. The van der Waals surface area contributed by atoms with Crippen LogP contribution in [-0.2, 0) is 13.5 Å². The van der Waals surface area contributed by atoms with E-state index in [-0.39, 0.29) is 0 Å². The fourth-order valence-corrected chi connectivity index (χ4v) is 5.58. The van der Waals surface area contributed by atoms with E-state index in [4.69, 9.17) is 5.73 Å². The summed E-state index contributed by atoms with van der Waals surface area (Å²) in [5.74, 6) is 5.87. The van der Waals surface area contributed by atoms with Crippen molar-refractivity contribution in [1.82, 2.24) is 9.78 Å². The summed E-state index contributed by atoms with van der Waals surface area (Å²) in [6.45, 7) is 2.11. The Bertz CT molecular complexity index is 474. The van der Waals surface area contributed by atoms with Gasteiger partial charge in [-0.2, -0.15) is 5.10 Å². The molecule has 4 fully saturated rings. The van der Waals surface area contributed by atoms with E-state index in [9.17, 15) is 0 Å². The summed E-state index contributed by atoms with van der Waals surface area (Å²) < 4.78 is 1.85. The normalized spacial score (nSPS) is 40.0. The van der Waals surface area contributed by atoms with E-state index >= 15 is 0 Å². The molecule has 3 nitrogen and oxygen atoms in total. The topological polar surface area (TPSA) is 43.8 Å². The lowest BCUT2D eigenvalue weighted by molar-refractivity contribution is -0.0359. The third kappa shape index (κ3) is 1.73. The maximum atomic E-state index is 6.21. The van der Waals surface area contributed by atoms with Gasteiger partial charge in [-0.05, 0) is 75.0 Å². The van der Waals surface area contributed by atoms with E-state index in [0.29, 0.717) is 0 Å². The molecule has 0 amide bonds. The van der Waals surface area contributed by atoms with Crippen molar-refractivity contribution in [3.8, 4) is 0 Å². The molecular formula is C16H25N3. The van der Waals surface area contributed by atoms with Gasteiger partial charge in [0.25, 0.3) is 0 Å². The van der Waals surface area contributed by atoms with E-state index < -0.39 is 0 Å². The molecular weight excluding hydrogens is 234 g/mol. The lowest BCUT2D eigenvalue weighted by atomic mass is 9.51. The maximum absolute atomic E-state index is 6.21. The fraction of sp³-hybridized carbons (Fsp3) is 0.812. The number of hydrogen-bond acceptors (Lipinski definition) is 2. The Morgan fingerprint density at radius 2 is 1.68 bits per heavy atom. The van der Waals surface area contributed by atoms with Gasteiger partial charge in [0.15, 0.2) is 0 Å². The van der Waals surface area contributed by atoms with Crippen LogP contribution in [0.2, 0.25) is 0 Å². The average molecular weight is 259 g/mol. The number of aromatic nitrogens is 2. The van der Waals surface area contributed by atoms with Crippen LogP contribution in [0.3, 0.4) is 0 Å². The van der Waals surface area contributed by atoms with Crippen molar-refractivity contribution < 1.29 is 0 Å². The molecule has 1 heterocycles. The van der Waals surface area contributed by atoms with E-state index in [1.165, 1.54) is 44.1 Å². The number of nitrogen functional groups attached to an aromatic ring is 1. The zero-order valence-electron chi connectivity index (χ0n) is 12.1. The SMILES string of the molecule is Cc1nn(C)c(N)c1CC1C2CC3CC(C2)CC1C3. The molecule has 5 rings (SSSR count). The van der Waals surface area contributed by atoms with Crippen LogP contribution in [0.4, 0.5) is 5.82 Å². The summed E-state index contributed by atoms with van der Waals surface area (Å²) in [7, 11) is 1.96. The average Bonchev–Trinajstić information content (AvgIpc) is 2.58. The van der Waals surface area contributed by atoms with E-state index in [1.807, 2.05) is 11.7 Å². The highest BCUT2D eigenvalue weighted by Gasteiger charge is 2.48. The van der Waals surface area contributed by atoms with Crippen molar-refractivity contribution in [1.29, 1.82) is 0 Å². The number of nitrogens with two attached hydrogens (primary N) is 1. The summed E-state index contributed by atoms with van der Waals surface area (Å²) in [5, 5.41) is 4.49. The maximum Gasteiger partial charge on any atom is 0.124 e. The summed E-state index contributed by atoms with van der Waals surface area (Å²) in [5.41, 5.74) is 8.69. The Labute approximate surface area is 115 Å². The molecule has 1 aromatic rings. The number of aryl methyl sites for hydroxylation is 2. The van der Waals surface area contributed by atoms with Crippen LogP contribution in [0.25, 0.3) is 0 Å². The molecule has 0 unspecified atom stereocenters. The molecule has 4 aliphatic carbocycles. The summed E-state index contributed by atoms with van der Waals surface area (Å²) >= 11 is 0. The van der Waals surface area contributed by atoms with Crippen LogP contribution in [0.1, 0.15) is 43.4 Å². The van der Waals surface area contributed by atoms with Gasteiger partial charge in [-0.15, -0.1) is 0 Å². The van der Waals surface area contributed by atoms with Gasteiger partial charge < -0.3 is 5.73 Å². The Morgan fingerprint density at radius 3 is 2.16 bits per heavy atom. The predicted molar refractivity (Wildman–Crippen MR) is 76.6 cm³/mol. The van der Waals surface area contributed by atoms with Gasteiger partial charge in [0, 0.05) is 12.6 Å². The second kappa shape index (κ2) is 4.00. The Hall–Kier alpha value is -0.990. The van der Waals surface area contributed by atoms with Crippen molar-refractivity contribution in [2.24, 2.45) is 36.6 Å². The van der Waals surface area contributed by atoms with Crippen LogP contribution in [0.15, 0.2) is 0 Å². The third-order valence-electron chi connectivity index (χ3n) is 6.26. The van der Waals surface area contributed by atoms with Gasteiger partial charge in [-0.1, -0.05) is 0 Å². The molecule has 0 atom stereocenters. The monoisotopic (exact) mass is 259 g/mol. The van der Waals surface area contributed by atoms with Crippen LogP contribution >= 0.6 is 0 Å². The molecule has 4 saturated carbocycles. The second-order valence-corrected chi connectivity index (χ2v) is 7.37. The number of anilines is 1. The van der Waals surface area contributed by atoms with Crippen molar-refractivity contribution in [3.05, 3.63) is 11.3 Å². The quantitative estimate of drug-likeness (QED) is 0.887. The van der Waals surface area contributed by atoms with Crippen molar-refractivity contribution in [3.63, 3.8) is 0 Å². The van der Waals surface area contributed by atoms with Gasteiger partial charge in [-0.25, -0.2) is 0 Å². The van der Waals surface area contributed by atoms with Gasteiger partial charge in [-0.3, -0.25) is 4.68 Å². The first-order valence-electron chi connectivity index (χ1n) is 7.89. The van der Waals surface area contributed by atoms with Gasteiger partial charge in [0.05, 0.1) is 5.69 Å². The minimum atomic E-state index is 0.887.